The molecule has 1 fully saturated rings. The molecule has 0 N–H and O–H groups in total. The summed E-state index contributed by atoms with van der Waals surface area (Å²) in [5.41, 5.74) is 1.11. The molecule has 3 rings (SSSR count). The van der Waals surface area contributed by atoms with Crippen LogP contribution in [0, 0.1) is 6.92 Å². The number of sulfone groups is 1. The standard InChI is InChI=1S/C18H23N3O4S/c1-3-26(23,24)17-7-5-4-6-16(17)18(22)21-10-8-20(9-11-21)13-15-12-14(2)19-25-15/h4-7,12H,3,8-11,13H2,1-2H3. The predicted octanol–water partition coefficient (Wildman–Crippen LogP) is 1.73. The van der Waals surface area contributed by atoms with Crippen LogP contribution in [0.15, 0.2) is 39.8 Å². The normalized spacial score (nSPS) is 16.0. The van der Waals surface area contributed by atoms with Crippen LogP contribution in [0.5, 0.6) is 0 Å². The lowest BCUT2D eigenvalue weighted by molar-refractivity contribution is 0.0613. The summed E-state index contributed by atoms with van der Waals surface area (Å²) < 4.78 is 29.8. The van der Waals surface area contributed by atoms with Gasteiger partial charge < -0.3 is 9.42 Å². The largest absolute Gasteiger partial charge is 0.360 e. The van der Waals surface area contributed by atoms with Gasteiger partial charge in [-0.3, -0.25) is 9.69 Å². The van der Waals surface area contributed by atoms with E-state index in [0.29, 0.717) is 32.7 Å². The van der Waals surface area contributed by atoms with Crippen LogP contribution in [0.25, 0.3) is 0 Å². The fourth-order valence-corrected chi connectivity index (χ4v) is 4.15. The van der Waals surface area contributed by atoms with Crippen molar-refractivity contribution in [3.8, 4) is 0 Å². The van der Waals surface area contributed by atoms with Crippen LogP contribution in [0.1, 0.15) is 28.7 Å². The van der Waals surface area contributed by atoms with E-state index >= 15 is 0 Å². The third kappa shape index (κ3) is 3.96. The van der Waals surface area contributed by atoms with Crippen molar-refractivity contribution in [3.05, 3.63) is 47.3 Å². The Labute approximate surface area is 153 Å². The summed E-state index contributed by atoms with van der Waals surface area (Å²) in [6, 6.07) is 8.35. The summed E-state index contributed by atoms with van der Waals surface area (Å²) in [6.07, 6.45) is 0. The average molecular weight is 377 g/mol. The Balaban J connectivity index is 1.68. The summed E-state index contributed by atoms with van der Waals surface area (Å²) in [5.74, 6) is 0.552. The number of benzene rings is 1. The highest BCUT2D eigenvalue weighted by molar-refractivity contribution is 7.91. The molecule has 1 aliphatic heterocycles. The minimum atomic E-state index is -3.44. The summed E-state index contributed by atoms with van der Waals surface area (Å²) in [4.78, 5) is 16.9. The number of amides is 1. The summed E-state index contributed by atoms with van der Waals surface area (Å²) >= 11 is 0. The Hall–Kier alpha value is -2.19. The lowest BCUT2D eigenvalue weighted by Gasteiger charge is -2.34. The highest BCUT2D eigenvalue weighted by atomic mass is 32.2. The smallest absolute Gasteiger partial charge is 0.255 e. The van der Waals surface area contributed by atoms with Crippen molar-refractivity contribution < 1.29 is 17.7 Å². The van der Waals surface area contributed by atoms with Crippen molar-refractivity contribution in [2.45, 2.75) is 25.3 Å². The molecule has 0 aliphatic carbocycles. The second kappa shape index (κ2) is 7.59. The molecule has 0 radical (unpaired) electrons. The average Bonchev–Trinajstić information content (AvgIpc) is 3.06. The van der Waals surface area contributed by atoms with Crippen LogP contribution >= 0.6 is 0 Å². The van der Waals surface area contributed by atoms with Gasteiger partial charge in [-0.05, 0) is 19.1 Å². The van der Waals surface area contributed by atoms with Crippen LogP contribution < -0.4 is 0 Å². The van der Waals surface area contributed by atoms with E-state index in [0.717, 1.165) is 11.5 Å². The summed E-state index contributed by atoms with van der Waals surface area (Å²) in [6.45, 7) is 6.62. The van der Waals surface area contributed by atoms with Crippen LogP contribution in [-0.4, -0.2) is 61.2 Å². The molecule has 1 aromatic heterocycles. The van der Waals surface area contributed by atoms with Crippen LogP contribution in [0.3, 0.4) is 0 Å². The maximum Gasteiger partial charge on any atom is 0.255 e. The van der Waals surface area contributed by atoms with Crippen LogP contribution in [-0.2, 0) is 16.4 Å². The first-order chi connectivity index (χ1) is 12.4. The number of carbonyl (C=O) groups is 1. The molecule has 1 saturated heterocycles. The molecule has 7 nitrogen and oxygen atoms in total. The quantitative estimate of drug-likeness (QED) is 0.789. The molecule has 0 atom stereocenters. The lowest BCUT2D eigenvalue weighted by Crippen LogP contribution is -2.48. The van der Waals surface area contributed by atoms with Crippen molar-refractivity contribution in [3.63, 3.8) is 0 Å². The van der Waals surface area contributed by atoms with E-state index in [4.69, 9.17) is 4.52 Å². The molecule has 8 heteroatoms. The molecule has 2 aromatic rings. The molecule has 1 aromatic carbocycles. The summed E-state index contributed by atoms with van der Waals surface area (Å²) in [5, 5.41) is 3.88. The molecular weight excluding hydrogens is 354 g/mol. The molecule has 0 unspecified atom stereocenters. The SMILES string of the molecule is CCS(=O)(=O)c1ccccc1C(=O)N1CCN(Cc2cc(C)no2)CC1. The van der Waals surface area contributed by atoms with E-state index in [1.165, 1.54) is 6.07 Å². The minimum absolute atomic E-state index is 0.0261. The lowest BCUT2D eigenvalue weighted by atomic mass is 10.1. The maximum absolute atomic E-state index is 12.9. The molecule has 2 heterocycles. The van der Waals surface area contributed by atoms with Crippen molar-refractivity contribution in [2.75, 3.05) is 31.9 Å². The zero-order valence-electron chi connectivity index (χ0n) is 15.0. The second-order valence-electron chi connectivity index (χ2n) is 6.40. The molecule has 0 saturated carbocycles. The predicted molar refractivity (Wildman–Crippen MR) is 96.6 cm³/mol. The summed E-state index contributed by atoms with van der Waals surface area (Å²) in [7, 11) is -3.44. The van der Waals surface area contributed by atoms with Gasteiger partial charge in [0.15, 0.2) is 15.6 Å². The number of aromatic nitrogens is 1. The number of hydrogen-bond acceptors (Lipinski definition) is 6. The number of nitrogens with zero attached hydrogens (tertiary/aromatic N) is 3. The fraction of sp³-hybridized carbons (Fsp3) is 0.444. The van der Waals surface area contributed by atoms with Crippen molar-refractivity contribution in [1.29, 1.82) is 0 Å². The first kappa shape index (κ1) is 18.6. The molecule has 1 aliphatic rings. The highest BCUT2D eigenvalue weighted by Crippen LogP contribution is 2.20. The molecule has 0 bridgehead atoms. The van der Waals surface area contributed by atoms with Gasteiger partial charge in [-0.15, -0.1) is 0 Å². The van der Waals surface area contributed by atoms with Crippen molar-refractivity contribution in [2.24, 2.45) is 0 Å². The van der Waals surface area contributed by atoms with Crippen molar-refractivity contribution >= 4 is 15.7 Å². The van der Waals surface area contributed by atoms with Gasteiger partial charge in [0.25, 0.3) is 5.91 Å². The number of aryl methyl sites for hydroxylation is 1. The number of hydrogen-bond donors (Lipinski definition) is 0. The van der Waals surface area contributed by atoms with Gasteiger partial charge in [0.2, 0.25) is 0 Å². The van der Waals surface area contributed by atoms with E-state index < -0.39 is 9.84 Å². The van der Waals surface area contributed by atoms with E-state index in [9.17, 15) is 13.2 Å². The van der Waals surface area contributed by atoms with Crippen LogP contribution in [0.2, 0.25) is 0 Å². The second-order valence-corrected chi connectivity index (χ2v) is 8.65. The third-order valence-corrected chi connectivity index (χ3v) is 6.33. The first-order valence-corrected chi connectivity index (χ1v) is 10.3. The van der Waals surface area contributed by atoms with E-state index in [2.05, 4.69) is 10.1 Å². The molecule has 0 spiro atoms. The first-order valence-electron chi connectivity index (χ1n) is 8.66. The number of carbonyl (C=O) groups excluding carboxylic acids is 1. The molecule has 1 amide bonds. The molecule has 26 heavy (non-hydrogen) atoms. The van der Waals surface area contributed by atoms with Crippen LogP contribution in [0.4, 0.5) is 0 Å². The van der Waals surface area contributed by atoms with Gasteiger partial charge in [0.1, 0.15) is 0 Å². The Morgan fingerprint density at radius 1 is 1.19 bits per heavy atom. The van der Waals surface area contributed by atoms with Gasteiger partial charge in [0.05, 0.1) is 28.5 Å². The Kier molecular flexibility index (Phi) is 5.43. The molecule has 140 valence electrons. The van der Waals surface area contributed by atoms with Gasteiger partial charge in [-0.25, -0.2) is 8.42 Å². The minimum Gasteiger partial charge on any atom is -0.360 e. The van der Waals surface area contributed by atoms with Gasteiger partial charge in [-0.2, -0.15) is 0 Å². The number of piperazine rings is 1. The Bertz CT molecular complexity index is 883. The van der Waals surface area contributed by atoms with E-state index in [1.54, 1.807) is 30.0 Å². The highest BCUT2D eigenvalue weighted by Gasteiger charge is 2.27. The van der Waals surface area contributed by atoms with Gasteiger partial charge >= 0.3 is 0 Å². The Morgan fingerprint density at radius 3 is 2.50 bits per heavy atom. The third-order valence-electron chi connectivity index (χ3n) is 4.55. The maximum atomic E-state index is 12.9. The molecular formula is C18H23N3O4S. The fourth-order valence-electron chi connectivity index (χ4n) is 3.06. The topological polar surface area (TPSA) is 83.7 Å². The zero-order chi connectivity index (χ0) is 18.7. The number of rotatable bonds is 5. The zero-order valence-corrected chi connectivity index (χ0v) is 15.8. The monoisotopic (exact) mass is 377 g/mol. The van der Waals surface area contributed by atoms with Crippen molar-refractivity contribution in [1.82, 2.24) is 15.0 Å². The van der Waals surface area contributed by atoms with Gasteiger partial charge in [-0.1, -0.05) is 24.2 Å². The van der Waals surface area contributed by atoms with Gasteiger partial charge in [0, 0.05) is 32.2 Å². The van der Waals surface area contributed by atoms with E-state index in [-0.39, 0.29) is 22.1 Å². The van der Waals surface area contributed by atoms with E-state index in [1.807, 2.05) is 13.0 Å². The Morgan fingerprint density at radius 2 is 1.88 bits per heavy atom.